The molecule has 3 nitrogen and oxygen atoms in total. The minimum Gasteiger partial charge on any atom is -0.393 e. The predicted molar refractivity (Wildman–Crippen MR) is 64.2 cm³/mol. The molecule has 0 aromatic heterocycles. The van der Waals surface area contributed by atoms with Crippen LogP contribution < -0.4 is 0 Å². The van der Waals surface area contributed by atoms with Crippen LogP contribution in [-0.2, 0) is 9.47 Å². The van der Waals surface area contributed by atoms with Crippen LogP contribution in [0.5, 0.6) is 0 Å². The summed E-state index contributed by atoms with van der Waals surface area (Å²) in [4.78, 5) is 0. The van der Waals surface area contributed by atoms with Crippen molar-refractivity contribution in [2.24, 2.45) is 5.92 Å². The number of hydrogen-bond donors (Lipinski definition) is 1. The van der Waals surface area contributed by atoms with E-state index in [1.165, 1.54) is 6.42 Å². The summed E-state index contributed by atoms with van der Waals surface area (Å²) in [5, 5.41) is 9.86. The standard InChI is InChI=1S/C13H26O3/c1-10(2)6-5-7-11(14)8-12-9-15-13(3,4)16-12/h10-12,14H,5-9H2,1-4H3. The van der Waals surface area contributed by atoms with Crippen molar-refractivity contribution < 1.29 is 14.6 Å². The quantitative estimate of drug-likeness (QED) is 0.762. The van der Waals surface area contributed by atoms with Crippen molar-refractivity contribution in [3.8, 4) is 0 Å². The van der Waals surface area contributed by atoms with Crippen LogP contribution in [0.1, 0.15) is 53.4 Å². The third-order valence-corrected chi connectivity index (χ3v) is 2.92. The van der Waals surface area contributed by atoms with Crippen LogP contribution in [0.2, 0.25) is 0 Å². The van der Waals surface area contributed by atoms with Gasteiger partial charge in [-0.3, -0.25) is 0 Å². The second-order valence-electron chi connectivity index (χ2n) is 5.66. The highest BCUT2D eigenvalue weighted by Gasteiger charge is 2.33. The van der Waals surface area contributed by atoms with Crippen LogP contribution in [0, 0.1) is 5.92 Å². The summed E-state index contributed by atoms with van der Waals surface area (Å²) in [6.07, 6.45) is 3.66. The van der Waals surface area contributed by atoms with E-state index in [9.17, 15) is 5.11 Å². The van der Waals surface area contributed by atoms with Gasteiger partial charge in [-0.15, -0.1) is 0 Å². The first-order valence-corrected chi connectivity index (χ1v) is 6.39. The lowest BCUT2D eigenvalue weighted by molar-refractivity contribution is -0.141. The molecule has 1 aliphatic rings. The molecule has 0 aromatic rings. The SMILES string of the molecule is CC(C)CCCC(O)CC1COC(C)(C)O1. The average Bonchev–Trinajstić information content (AvgIpc) is 2.44. The Hall–Kier alpha value is -0.120. The fourth-order valence-electron chi connectivity index (χ4n) is 2.06. The summed E-state index contributed by atoms with van der Waals surface area (Å²) in [6, 6.07) is 0. The molecule has 2 atom stereocenters. The minimum absolute atomic E-state index is 0.0593. The van der Waals surface area contributed by atoms with Crippen molar-refractivity contribution in [3.63, 3.8) is 0 Å². The van der Waals surface area contributed by atoms with Crippen LogP contribution in [-0.4, -0.2) is 29.7 Å². The summed E-state index contributed by atoms with van der Waals surface area (Å²) in [5.41, 5.74) is 0. The van der Waals surface area contributed by atoms with Crippen LogP contribution in [0.4, 0.5) is 0 Å². The Balaban J connectivity index is 2.13. The topological polar surface area (TPSA) is 38.7 Å². The largest absolute Gasteiger partial charge is 0.393 e. The van der Waals surface area contributed by atoms with E-state index < -0.39 is 5.79 Å². The number of aliphatic hydroxyl groups is 1. The average molecular weight is 230 g/mol. The highest BCUT2D eigenvalue weighted by Crippen LogP contribution is 2.25. The van der Waals surface area contributed by atoms with Gasteiger partial charge in [0.1, 0.15) is 0 Å². The van der Waals surface area contributed by atoms with E-state index in [0.717, 1.165) is 18.8 Å². The zero-order chi connectivity index (χ0) is 12.2. The van der Waals surface area contributed by atoms with Crippen molar-refractivity contribution in [2.45, 2.75) is 71.4 Å². The van der Waals surface area contributed by atoms with Crippen LogP contribution in [0.3, 0.4) is 0 Å². The first-order chi connectivity index (χ1) is 7.39. The van der Waals surface area contributed by atoms with Gasteiger partial charge in [-0.05, 0) is 26.2 Å². The fourth-order valence-corrected chi connectivity index (χ4v) is 2.06. The lowest BCUT2D eigenvalue weighted by Crippen LogP contribution is -2.24. The highest BCUT2D eigenvalue weighted by molar-refractivity contribution is 4.74. The van der Waals surface area contributed by atoms with Crippen LogP contribution in [0.15, 0.2) is 0 Å². The molecule has 1 aliphatic heterocycles. The molecule has 2 unspecified atom stereocenters. The summed E-state index contributed by atoms with van der Waals surface area (Å²) in [7, 11) is 0. The Bertz CT molecular complexity index is 201. The maximum Gasteiger partial charge on any atom is 0.163 e. The zero-order valence-corrected chi connectivity index (χ0v) is 11.0. The number of hydrogen-bond acceptors (Lipinski definition) is 3. The molecule has 1 fully saturated rings. The molecular weight excluding hydrogens is 204 g/mol. The maximum atomic E-state index is 9.86. The van der Waals surface area contributed by atoms with Crippen LogP contribution >= 0.6 is 0 Å². The highest BCUT2D eigenvalue weighted by atomic mass is 16.7. The zero-order valence-electron chi connectivity index (χ0n) is 11.0. The Kier molecular flexibility index (Phi) is 5.22. The Morgan fingerprint density at radius 1 is 1.31 bits per heavy atom. The molecule has 0 spiro atoms. The first kappa shape index (κ1) is 13.9. The smallest absolute Gasteiger partial charge is 0.163 e. The Morgan fingerprint density at radius 3 is 2.50 bits per heavy atom. The molecular formula is C13H26O3. The Morgan fingerprint density at radius 2 is 2.00 bits per heavy atom. The molecule has 1 saturated heterocycles. The number of rotatable bonds is 6. The van der Waals surface area contributed by atoms with Gasteiger partial charge in [0.25, 0.3) is 0 Å². The molecule has 96 valence electrons. The van der Waals surface area contributed by atoms with E-state index in [2.05, 4.69) is 13.8 Å². The van der Waals surface area contributed by atoms with E-state index in [1.54, 1.807) is 0 Å². The van der Waals surface area contributed by atoms with E-state index in [4.69, 9.17) is 9.47 Å². The van der Waals surface area contributed by atoms with Gasteiger partial charge in [0.15, 0.2) is 5.79 Å². The van der Waals surface area contributed by atoms with Crippen molar-refractivity contribution in [2.75, 3.05) is 6.61 Å². The lowest BCUT2D eigenvalue weighted by Gasteiger charge is -2.19. The van der Waals surface area contributed by atoms with Crippen molar-refractivity contribution >= 4 is 0 Å². The van der Waals surface area contributed by atoms with Crippen molar-refractivity contribution in [1.29, 1.82) is 0 Å². The van der Waals surface area contributed by atoms with Gasteiger partial charge in [0, 0.05) is 6.42 Å². The molecule has 1 N–H and O–H groups in total. The molecule has 1 heterocycles. The summed E-state index contributed by atoms with van der Waals surface area (Å²) in [5.74, 6) is 0.250. The molecule has 3 heteroatoms. The van der Waals surface area contributed by atoms with Gasteiger partial charge < -0.3 is 14.6 Å². The molecule has 0 bridgehead atoms. The molecule has 16 heavy (non-hydrogen) atoms. The second kappa shape index (κ2) is 5.99. The minimum atomic E-state index is -0.470. The van der Waals surface area contributed by atoms with Gasteiger partial charge in [-0.25, -0.2) is 0 Å². The van der Waals surface area contributed by atoms with Gasteiger partial charge in [-0.1, -0.05) is 26.7 Å². The van der Waals surface area contributed by atoms with Crippen molar-refractivity contribution in [1.82, 2.24) is 0 Å². The van der Waals surface area contributed by atoms with E-state index in [1.807, 2.05) is 13.8 Å². The van der Waals surface area contributed by atoms with E-state index >= 15 is 0 Å². The second-order valence-corrected chi connectivity index (χ2v) is 5.66. The number of ether oxygens (including phenoxy) is 2. The monoisotopic (exact) mass is 230 g/mol. The normalized spacial score (nSPS) is 26.2. The molecule has 0 aliphatic carbocycles. The third kappa shape index (κ3) is 5.28. The first-order valence-electron chi connectivity index (χ1n) is 6.39. The van der Waals surface area contributed by atoms with E-state index in [0.29, 0.717) is 13.0 Å². The van der Waals surface area contributed by atoms with E-state index in [-0.39, 0.29) is 12.2 Å². The molecule has 0 saturated carbocycles. The van der Waals surface area contributed by atoms with Gasteiger partial charge >= 0.3 is 0 Å². The Labute approximate surface area is 99.1 Å². The predicted octanol–water partition coefficient (Wildman–Crippen LogP) is 2.72. The van der Waals surface area contributed by atoms with Gasteiger partial charge in [-0.2, -0.15) is 0 Å². The fraction of sp³-hybridized carbons (Fsp3) is 1.00. The number of aliphatic hydroxyl groups excluding tert-OH is 1. The lowest BCUT2D eigenvalue weighted by atomic mass is 10.0. The van der Waals surface area contributed by atoms with Gasteiger partial charge in [0.2, 0.25) is 0 Å². The molecule has 0 aromatic carbocycles. The van der Waals surface area contributed by atoms with Crippen LogP contribution in [0.25, 0.3) is 0 Å². The summed E-state index contributed by atoms with van der Waals surface area (Å²) < 4.78 is 11.1. The summed E-state index contributed by atoms with van der Waals surface area (Å²) in [6.45, 7) is 8.86. The molecule has 0 amide bonds. The maximum absolute atomic E-state index is 9.86. The van der Waals surface area contributed by atoms with Gasteiger partial charge in [0.05, 0.1) is 18.8 Å². The summed E-state index contributed by atoms with van der Waals surface area (Å²) >= 11 is 0. The molecule has 1 rings (SSSR count). The third-order valence-electron chi connectivity index (χ3n) is 2.92. The molecule has 0 radical (unpaired) electrons. The van der Waals surface area contributed by atoms with Crippen molar-refractivity contribution in [3.05, 3.63) is 0 Å².